The summed E-state index contributed by atoms with van der Waals surface area (Å²) in [5.74, 6) is 1.33. The summed E-state index contributed by atoms with van der Waals surface area (Å²) in [6, 6.07) is 14.2. The van der Waals surface area contributed by atoms with Crippen LogP contribution in [0, 0.1) is 5.92 Å². The third kappa shape index (κ3) is 4.58. The Hall–Kier alpha value is -2.66. The number of carbonyl (C=O) groups excluding carboxylic acids is 1. The molecule has 1 unspecified atom stereocenters. The van der Waals surface area contributed by atoms with Gasteiger partial charge in [-0.1, -0.05) is 55.5 Å². The van der Waals surface area contributed by atoms with Gasteiger partial charge in [0.05, 0.1) is 22.6 Å². The molecule has 6 heteroatoms. The van der Waals surface area contributed by atoms with E-state index < -0.39 is 0 Å². The molecular formula is C26H30ClN3O2. The van der Waals surface area contributed by atoms with Gasteiger partial charge in [-0.2, -0.15) is 0 Å². The second kappa shape index (κ2) is 9.86. The normalized spacial score (nSPS) is 15.2. The van der Waals surface area contributed by atoms with Crippen LogP contribution < -0.4 is 5.56 Å². The van der Waals surface area contributed by atoms with Crippen LogP contribution in [0.15, 0.2) is 53.3 Å². The molecular weight excluding hydrogens is 422 g/mol. The van der Waals surface area contributed by atoms with Crippen LogP contribution in [-0.2, 0) is 4.79 Å². The van der Waals surface area contributed by atoms with Crippen LogP contribution >= 0.6 is 11.6 Å². The summed E-state index contributed by atoms with van der Waals surface area (Å²) in [4.78, 5) is 33.4. The molecule has 168 valence electrons. The van der Waals surface area contributed by atoms with Gasteiger partial charge in [0, 0.05) is 18.0 Å². The highest BCUT2D eigenvalue weighted by atomic mass is 35.5. The number of benzene rings is 2. The molecule has 0 radical (unpaired) electrons. The van der Waals surface area contributed by atoms with Crippen LogP contribution in [0.25, 0.3) is 16.6 Å². The van der Waals surface area contributed by atoms with Crippen molar-refractivity contribution >= 4 is 28.4 Å². The first-order chi connectivity index (χ1) is 15.5. The Morgan fingerprint density at radius 3 is 2.66 bits per heavy atom. The minimum Gasteiger partial charge on any atom is -0.333 e. The zero-order valence-electron chi connectivity index (χ0n) is 18.8. The predicted molar refractivity (Wildman–Crippen MR) is 129 cm³/mol. The molecule has 0 spiro atoms. The van der Waals surface area contributed by atoms with E-state index in [1.807, 2.05) is 49.1 Å². The third-order valence-corrected chi connectivity index (χ3v) is 6.85. The van der Waals surface area contributed by atoms with Gasteiger partial charge in [0.1, 0.15) is 5.82 Å². The standard InChI is InChI=1S/C26H30ClN3O2/c1-3-29(24(31)16-15-19-9-4-5-10-19)18(2)25-28-23-14-7-6-13-22(23)26(32)30(25)21-12-8-11-20(27)17-21/h6-8,11-14,17-19H,3-5,9-10,15-16H2,1-2H3. The van der Waals surface area contributed by atoms with Gasteiger partial charge in [-0.3, -0.25) is 14.2 Å². The van der Waals surface area contributed by atoms with Gasteiger partial charge in [-0.05, 0) is 56.5 Å². The third-order valence-electron chi connectivity index (χ3n) is 6.61. The second-order valence-corrected chi connectivity index (χ2v) is 9.09. The molecule has 0 N–H and O–H groups in total. The van der Waals surface area contributed by atoms with Gasteiger partial charge < -0.3 is 4.90 Å². The highest BCUT2D eigenvalue weighted by molar-refractivity contribution is 6.30. The molecule has 3 aromatic rings. The van der Waals surface area contributed by atoms with Gasteiger partial charge in [0.15, 0.2) is 0 Å². The average Bonchev–Trinajstić information content (AvgIpc) is 3.32. The van der Waals surface area contributed by atoms with Crippen molar-refractivity contribution in [3.8, 4) is 5.69 Å². The molecule has 4 rings (SSSR count). The van der Waals surface area contributed by atoms with Crippen molar-refractivity contribution in [3.63, 3.8) is 0 Å². The fraction of sp³-hybridized carbons (Fsp3) is 0.423. The number of fused-ring (bicyclic) bond motifs is 1. The number of hydrogen-bond acceptors (Lipinski definition) is 3. The van der Waals surface area contributed by atoms with E-state index in [2.05, 4.69) is 0 Å². The highest BCUT2D eigenvalue weighted by Crippen LogP contribution is 2.30. The number of aromatic nitrogens is 2. The number of carbonyl (C=O) groups is 1. The second-order valence-electron chi connectivity index (χ2n) is 8.65. The van der Waals surface area contributed by atoms with Crippen molar-refractivity contribution < 1.29 is 4.79 Å². The van der Waals surface area contributed by atoms with Crippen molar-refractivity contribution in [2.24, 2.45) is 5.92 Å². The number of halogens is 1. The van der Waals surface area contributed by atoms with Crippen LogP contribution in [0.1, 0.15) is 64.2 Å². The Kier molecular flexibility index (Phi) is 6.95. The Labute approximate surface area is 194 Å². The lowest BCUT2D eigenvalue weighted by Crippen LogP contribution is -2.37. The number of hydrogen-bond donors (Lipinski definition) is 0. The average molecular weight is 452 g/mol. The summed E-state index contributed by atoms with van der Waals surface area (Å²) in [6.07, 6.45) is 6.50. The molecule has 0 saturated heterocycles. The fourth-order valence-corrected chi connectivity index (χ4v) is 5.06. The van der Waals surface area contributed by atoms with E-state index in [0.29, 0.717) is 46.3 Å². The molecule has 32 heavy (non-hydrogen) atoms. The van der Waals surface area contributed by atoms with Gasteiger partial charge in [-0.15, -0.1) is 0 Å². The number of para-hydroxylation sites is 1. The maximum Gasteiger partial charge on any atom is 0.266 e. The minimum absolute atomic E-state index is 0.118. The minimum atomic E-state index is -0.354. The van der Waals surface area contributed by atoms with Crippen molar-refractivity contribution in [2.75, 3.05) is 6.54 Å². The Morgan fingerprint density at radius 1 is 1.19 bits per heavy atom. The molecule has 2 aromatic carbocycles. The van der Waals surface area contributed by atoms with Crippen molar-refractivity contribution in [1.82, 2.24) is 14.5 Å². The summed E-state index contributed by atoms with van der Waals surface area (Å²) < 4.78 is 1.60. The Morgan fingerprint density at radius 2 is 1.94 bits per heavy atom. The van der Waals surface area contributed by atoms with Crippen LogP contribution in [0.4, 0.5) is 0 Å². The largest absolute Gasteiger partial charge is 0.333 e. The topological polar surface area (TPSA) is 55.2 Å². The zero-order chi connectivity index (χ0) is 22.7. The molecule has 1 aliphatic rings. The SMILES string of the molecule is CCN(C(=O)CCC1CCCC1)C(C)c1nc2ccccc2c(=O)n1-c1cccc(Cl)c1. The summed E-state index contributed by atoms with van der Waals surface area (Å²) in [6.45, 7) is 4.49. The molecule has 1 fully saturated rings. The fourth-order valence-electron chi connectivity index (χ4n) is 4.87. The Balaban J connectivity index is 1.74. The molecule has 5 nitrogen and oxygen atoms in total. The first kappa shape index (κ1) is 22.5. The van der Waals surface area contributed by atoms with Crippen molar-refractivity contribution in [3.05, 3.63) is 69.7 Å². The lowest BCUT2D eigenvalue weighted by atomic mass is 10.0. The van der Waals surface area contributed by atoms with Crippen molar-refractivity contribution in [2.45, 2.75) is 58.4 Å². The molecule has 1 heterocycles. The van der Waals surface area contributed by atoms with Crippen LogP contribution in [0.3, 0.4) is 0 Å². The molecule has 1 aromatic heterocycles. The van der Waals surface area contributed by atoms with E-state index in [9.17, 15) is 9.59 Å². The van der Waals surface area contributed by atoms with Crippen LogP contribution in [0.5, 0.6) is 0 Å². The van der Waals surface area contributed by atoms with E-state index in [1.54, 1.807) is 22.8 Å². The number of nitrogens with zero attached hydrogens (tertiary/aromatic N) is 3. The quantitative estimate of drug-likeness (QED) is 0.448. The van der Waals surface area contributed by atoms with E-state index in [1.165, 1.54) is 25.7 Å². The zero-order valence-corrected chi connectivity index (χ0v) is 19.5. The first-order valence-corrected chi connectivity index (χ1v) is 11.9. The number of rotatable bonds is 7. The van der Waals surface area contributed by atoms with Gasteiger partial charge in [-0.25, -0.2) is 4.98 Å². The van der Waals surface area contributed by atoms with E-state index >= 15 is 0 Å². The molecule has 1 atom stereocenters. The number of amides is 1. The smallest absolute Gasteiger partial charge is 0.266 e. The highest BCUT2D eigenvalue weighted by Gasteiger charge is 2.26. The molecule has 1 amide bonds. The molecule has 0 aliphatic heterocycles. The van der Waals surface area contributed by atoms with E-state index in [-0.39, 0.29) is 17.5 Å². The summed E-state index contributed by atoms with van der Waals surface area (Å²) >= 11 is 6.24. The van der Waals surface area contributed by atoms with Gasteiger partial charge in [0.25, 0.3) is 5.56 Å². The molecule has 1 saturated carbocycles. The summed E-state index contributed by atoms with van der Waals surface area (Å²) in [5.41, 5.74) is 1.12. The van der Waals surface area contributed by atoms with Crippen molar-refractivity contribution in [1.29, 1.82) is 0 Å². The molecule has 0 bridgehead atoms. The maximum atomic E-state index is 13.5. The van der Waals surface area contributed by atoms with Crippen LogP contribution in [-0.4, -0.2) is 26.9 Å². The van der Waals surface area contributed by atoms with Gasteiger partial charge in [0.2, 0.25) is 5.91 Å². The lowest BCUT2D eigenvalue weighted by Gasteiger charge is -2.30. The van der Waals surface area contributed by atoms with E-state index in [0.717, 1.165) is 6.42 Å². The summed E-state index contributed by atoms with van der Waals surface area (Å²) in [7, 11) is 0. The summed E-state index contributed by atoms with van der Waals surface area (Å²) in [5, 5.41) is 1.08. The monoisotopic (exact) mass is 451 g/mol. The Bertz CT molecular complexity index is 1170. The van der Waals surface area contributed by atoms with Crippen LogP contribution in [0.2, 0.25) is 5.02 Å². The maximum absolute atomic E-state index is 13.5. The van der Waals surface area contributed by atoms with Gasteiger partial charge >= 0.3 is 0 Å². The first-order valence-electron chi connectivity index (χ1n) is 11.6. The predicted octanol–water partition coefficient (Wildman–Crippen LogP) is 5.92. The lowest BCUT2D eigenvalue weighted by molar-refractivity contribution is -0.133. The molecule has 1 aliphatic carbocycles. The van der Waals surface area contributed by atoms with E-state index in [4.69, 9.17) is 16.6 Å².